The molecule has 4 aromatic carbocycles. The van der Waals surface area contributed by atoms with Crippen molar-refractivity contribution in [2.24, 2.45) is 0 Å². The fraction of sp³-hybridized carbons (Fsp3) is 0.478. The SMILES string of the molecule is CCc1cc(C)c(CCO)c(CC)c1.CCc1cc(C)cc(C)c1CCO.Cc1cc(OC(F)(F)F)cc(C)c1CCO.Cc1ccc(Cl)c(C)c1CCO. The lowest BCUT2D eigenvalue weighted by Gasteiger charge is -2.13. The summed E-state index contributed by atoms with van der Waals surface area (Å²) >= 11 is 5.94. The lowest BCUT2D eigenvalue weighted by atomic mass is 9.94. The Morgan fingerprint density at radius 1 is 0.527 bits per heavy atom. The number of aryl methyl sites for hydroxylation is 9. The van der Waals surface area contributed by atoms with Gasteiger partial charge in [-0.25, -0.2) is 0 Å². The van der Waals surface area contributed by atoms with Gasteiger partial charge in [0.05, 0.1) is 0 Å². The van der Waals surface area contributed by atoms with Gasteiger partial charge in [-0.2, -0.15) is 0 Å². The van der Waals surface area contributed by atoms with Crippen LogP contribution in [-0.4, -0.2) is 53.2 Å². The lowest BCUT2D eigenvalue weighted by molar-refractivity contribution is -0.274. The average Bonchev–Trinajstić information content (AvgIpc) is 3.12. The maximum Gasteiger partial charge on any atom is 0.573 e. The van der Waals surface area contributed by atoms with Crippen LogP contribution in [-0.2, 0) is 44.9 Å². The Labute approximate surface area is 333 Å². The standard InChI is InChI=1S/C13H20O.C12H18O.C11H13F3O2.C10H13ClO/c1-4-11-8-10(3)13(6-7-14)12(5-2)9-11;1-4-11-8-9(2)7-10(3)12(11)5-6-13;1-7-5-9(16-11(12,13)14)6-8(2)10(7)3-4-15;1-7-3-4-10(11)8(2)9(7)5-6-12/h8-9,14H,4-7H2,1-3H3;7-8,13H,4-6H2,1-3H3;5-6,15H,3-4H2,1-2H3;3-4,12H,5-6H2,1-2H3. The first-order valence-corrected chi connectivity index (χ1v) is 19.5. The third kappa shape index (κ3) is 16.7. The van der Waals surface area contributed by atoms with E-state index < -0.39 is 6.36 Å². The summed E-state index contributed by atoms with van der Waals surface area (Å²) in [6.07, 6.45) is 1.24. The van der Waals surface area contributed by atoms with E-state index in [4.69, 9.17) is 32.0 Å². The molecule has 0 unspecified atom stereocenters. The Kier molecular flexibility index (Phi) is 22.5. The molecule has 4 N–H and O–H groups in total. The van der Waals surface area contributed by atoms with E-state index in [9.17, 15) is 13.2 Å². The Balaban J connectivity index is 0.000000369. The van der Waals surface area contributed by atoms with Gasteiger partial charge in [-0.05, 0) is 184 Å². The molecule has 0 amide bonds. The molecular weight excluding hydrogens is 725 g/mol. The summed E-state index contributed by atoms with van der Waals surface area (Å²) in [5, 5.41) is 36.3. The van der Waals surface area contributed by atoms with Gasteiger partial charge in [-0.3, -0.25) is 0 Å². The number of rotatable bonds is 12. The van der Waals surface area contributed by atoms with Gasteiger partial charge >= 0.3 is 6.36 Å². The average molecular weight is 789 g/mol. The fourth-order valence-corrected chi connectivity index (χ4v) is 7.02. The van der Waals surface area contributed by atoms with Crippen molar-refractivity contribution in [2.75, 3.05) is 26.4 Å². The highest BCUT2D eigenvalue weighted by atomic mass is 35.5. The summed E-state index contributed by atoms with van der Waals surface area (Å²) in [4.78, 5) is 0. The molecule has 5 nitrogen and oxygen atoms in total. The molecule has 0 aliphatic carbocycles. The monoisotopic (exact) mass is 788 g/mol. The molecule has 9 heteroatoms. The third-order valence-corrected chi connectivity index (χ3v) is 10.0. The van der Waals surface area contributed by atoms with Gasteiger partial charge in [0, 0.05) is 31.5 Å². The third-order valence-electron chi connectivity index (χ3n) is 9.62. The lowest BCUT2D eigenvalue weighted by Crippen LogP contribution is -2.17. The molecule has 0 atom stereocenters. The van der Waals surface area contributed by atoms with Crippen LogP contribution in [0, 0.1) is 48.5 Å². The van der Waals surface area contributed by atoms with Crippen LogP contribution in [0.3, 0.4) is 0 Å². The van der Waals surface area contributed by atoms with Crippen molar-refractivity contribution in [3.8, 4) is 5.75 Å². The minimum Gasteiger partial charge on any atom is -0.406 e. The van der Waals surface area contributed by atoms with E-state index in [1.807, 2.05) is 26.0 Å². The first kappa shape index (κ1) is 49.6. The summed E-state index contributed by atoms with van der Waals surface area (Å²) in [5.74, 6) is -0.218. The van der Waals surface area contributed by atoms with Gasteiger partial charge < -0.3 is 25.2 Å². The summed E-state index contributed by atoms with van der Waals surface area (Å²) in [7, 11) is 0. The van der Waals surface area contributed by atoms with Crippen LogP contribution in [0.15, 0.2) is 48.5 Å². The molecule has 4 aromatic rings. The Hall–Kier alpha value is -3.40. The van der Waals surface area contributed by atoms with Crippen LogP contribution in [0.5, 0.6) is 5.75 Å². The largest absolute Gasteiger partial charge is 0.573 e. The molecule has 55 heavy (non-hydrogen) atoms. The van der Waals surface area contributed by atoms with Crippen LogP contribution >= 0.6 is 11.6 Å². The summed E-state index contributed by atoms with van der Waals surface area (Å²) in [6.45, 7) is 21.0. The zero-order chi connectivity index (χ0) is 41.9. The highest BCUT2D eigenvalue weighted by Gasteiger charge is 2.31. The second-order valence-corrected chi connectivity index (χ2v) is 14.2. The maximum atomic E-state index is 12.0. The highest BCUT2D eigenvalue weighted by molar-refractivity contribution is 6.31. The minimum absolute atomic E-state index is 0.0266. The van der Waals surface area contributed by atoms with Crippen molar-refractivity contribution >= 4 is 11.6 Å². The molecule has 0 aliphatic rings. The van der Waals surface area contributed by atoms with Gasteiger partial charge in [0.15, 0.2) is 0 Å². The van der Waals surface area contributed by atoms with Crippen LogP contribution in [0.2, 0.25) is 5.02 Å². The zero-order valence-corrected chi connectivity index (χ0v) is 35.4. The topological polar surface area (TPSA) is 90.2 Å². The van der Waals surface area contributed by atoms with Crippen molar-refractivity contribution < 1.29 is 38.3 Å². The normalized spacial score (nSPS) is 10.8. The van der Waals surface area contributed by atoms with Gasteiger partial charge in [-0.15, -0.1) is 13.2 Å². The molecule has 306 valence electrons. The zero-order valence-electron chi connectivity index (χ0n) is 34.6. The fourth-order valence-electron chi connectivity index (χ4n) is 6.84. The molecule has 0 radical (unpaired) electrons. The number of aliphatic hydroxyl groups excluding tert-OH is 4. The van der Waals surface area contributed by atoms with E-state index in [0.717, 1.165) is 48.3 Å². The number of hydrogen-bond acceptors (Lipinski definition) is 5. The number of halogens is 4. The molecule has 0 aliphatic heterocycles. The predicted molar refractivity (Wildman–Crippen MR) is 222 cm³/mol. The molecule has 0 saturated heterocycles. The van der Waals surface area contributed by atoms with E-state index in [0.29, 0.717) is 24.0 Å². The summed E-state index contributed by atoms with van der Waals surface area (Å²) in [6, 6.07) is 15.5. The second kappa shape index (κ2) is 25.0. The van der Waals surface area contributed by atoms with E-state index in [2.05, 4.69) is 70.5 Å². The Morgan fingerprint density at radius 2 is 0.964 bits per heavy atom. The van der Waals surface area contributed by atoms with E-state index >= 15 is 0 Å². The Bertz CT molecular complexity index is 1750. The summed E-state index contributed by atoms with van der Waals surface area (Å²) in [5.41, 5.74) is 16.5. The summed E-state index contributed by atoms with van der Waals surface area (Å²) < 4.78 is 39.8. The van der Waals surface area contributed by atoms with Crippen LogP contribution in [0.25, 0.3) is 0 Å². The van der Waals surface area contributed by atoms with E-state index in [1.54, 1.807) is 13.8 Å². The number of aliphatic hydroxyl groups is 4. The number of hydrogen-bond donors (Lipinski definition) is 4. The molecule has 0 saturated carbocycles. The molecule has 0 bridgehead atoms. The quantitative estimate of drug-likeness (QED) is 0.115. The molecule has 0 heterocycles. The van der Waals surface area contributed by atoms with Gasteiger partial charge in [0.2, 0.25) is 0 Å². The van der Waals surface area contributed by atoms with E-state index in [-0.39, 0.29) is 32.2 Å². The predicted octanol–water partition coefficient (Wildman–Crippen LogP) is 10.3. The number of alkyl halides is 3. The van der Waals surface area contributed by atoms with Gasteiger partial charge in [-0.1, -0.05) is 68.3 Å². The van der Waals surface area contributed by atoms with Gasteiger partial charge in [0.25, 0.3) is 0 Å². The van der Waals surface area contributed by atoms with Crippen LogP contribution in [0.1, 0.15) is 98.7 Å². The van der Waals surface area contributed by atoms with Gasteiger partial charge in [0.1, 0.15) is 5.75 Å². The molecule has 0 aromatic heterocycles. The van der Waals surface area contributed by atoms with Crippen LogP contribution in [0.4, 0.5) is 13.2 Å². The number of benzene rings is 4. The molecule has 4 rings (SSSR count). The van der Waals surface area contributed by atoms with Crippen molar-refractivity contribution in [2.45, 2.75) is 121 Å². The second-order valence-electron chi connectivity index (χ2n) is 13.8. The highest BCUT2D eigenvalue weighted by Crippen LogP contribution is 2.28. The van der Waals surface area contributed by atoms with Crippen molar-refractivity contribution in [3.05, 3.63) is 131 Å². The Morgan fingerprint density at radius 3 is 1.42 bits per heavy atom. The first-order chi connectivity index (χ1) is 25.9. The number of ether oxygens (including phenoxy) is 1. The van der Waals surface area contributed by atoms with E-state index in [1.165, 1.54) is 67.8 Å². The smallest absolute Gasteiger partial charge is 0.406 e. The van der Waals surface area contributed by atoms with Crippen LogP contribution < -0.4 is 4.74 Å². The van der Waals surface area contributed by atoms with Crippen molar-refractivity contribution in [1.29, 1.82) is 0 Å². The molecule has 0 spiro atoms. The van der Waals surface area contributed by atoms with Crippen molar-refractivity contribution in [3.63, 3.8) is 0 Å². The molecular formula is C46H64ClF3O5. The van der Waals surface area contributed by atoms with Crippen molar-refractivity contribution in [1.82, 2.24) is 0 Å². The first-order valence-electron chi connectivity index (χ1n) is 19.2. The molecule has 0 fully saturated rings. The maximum absolute atomic E-state index is 12.0. The minimum atomic E-state index is -4.67.